The maximum atomic E-state index is 3.32. The maximum Gasteiger partial charge on any atom is 0.0646 e. The Hall–Kier alpha value is -0.770. The van der Waals surface area contributed by atoms with Crippen molar-refractivity contribution in [1.82, 2.24) is 5.32 Å². The zero-order valence-electron chi connectivity index (χ0n) is 9.27. The molecule has 1 aromatic heterocycles. The normalized spacial score (nSPS) is 10.6. The molecule has 0 amide bonds. The molecule has 0 bridgehead atoms. The maximum absolute atomic E-state index is 3.32. The lowest BCUT2D eigenvalue weighted by molar-refractivity contribution is 0.726. The lowest BCUT2D eigenvalue weighted by Gasteiger charge is -2.03. The van der Waals surface area contributed by atoms with Crippen molar-refractivity contribution < 1.29 is 0 Å². The van der Waals surface area contributed by atoms with Gasteiger partial charge >= 0.3 is 0 Å². The Morgan fingerprint density at radius 2 is 2.00 bits per heavy atom. The lowest BCUT2D eigenvalue weighted by atomic mass is 10.2. The standard InChI is InChI=1S/C13H15NS2/c1-2-14-10-11-5-7-12(8-6-11)16-13-4-3-9-15-13/h3-9,14H,2,10H2,1H3. The second-order valence-electron chi connectivity index (χ2n) is 3.46. The Balaban J connectivity index is 1.96. The van der Waals surface area contributed by atoms with Crippen LogP contribution in [0.3, 0.4) is 0 Å². The summed E-state index contributed by atoms with van der Waals surface area (Å²) in [5.41, 5.74) is 1.34. The molecule has 84 valence electrons. The third-order valence-corrected chi connectivity index (χ3v) is 4.26. The summed E-state index contributed by atoms with van der Waals surface area (Å²) in [7, 11) is 0. The fraction of sp³-hybridized carbons (Fsp3) is 0.231. The van der Waals surface area contributed by atoms with Crippen LogP contribution in [-0.4, -0.2) is 6.54 Å². The van der Waals surface area contributed by atoms with Crippen LogP contribution in [0.25, 0.3) is 0 Å². The number of nitrogens with one attached hydrogen (secondary N) is 1. The zero-order chi connectivity index (χ0) is 11.2. The van der Waals surface area contributed by atoms with Crippen molar-refractivity contribution in [3.05, 3.63) is 47.3 Å². The summed E-state index contributed by atoms with van der Waals surface area (Å²) >= 11 is 3.61. The van der Waals surface area contributed by atoms with E-state index in [1.165, 1.54) is 14.7 Å². The van der Waals surface area contributed by atoms with Crippen molar-refractivity contribution in [2.75, 3.05) is 6.54 Å². The van der Waals surface area contributed by atoms with Crippen LogP contribution in [0.15, 0.2) is 50.9 Å². The van der Waals surface area contributed by atoms with Crippen molar-refractivity contribution >= 4 is 23.1 Å². The number of hydrogen-bond donors (Lipinski definition) is 1. The Bertz CT molecular complexity index is 406. The smallest absolute Gasteiger partial charge is 0.0646 e. The molecule has 0 saturated carbocycles. The molecule has 0 saturated heterocycles. The molecule has 2 rings (SSSR count). The summed E-state index contributed by atoms with van der Waals surface area (Å²) in [4.78, 5) is 1.31. The van der Waals surface area contributed by atoms with Crippen LogP contribution in [-0.2, 0) is 6.54 Å². The topological polar surface area (TPSA) is 12.0 Å². The van der Waals surface area contributed by atoms with Crippen LogP contribution < -0.4 is 5.32 Å². The molecule has 0 spiro atoms. The molecule has 1 heterocycles. The van der Waals surface area contributed by atoms with Crippen molar-refractivity contribution in [3.8, 4) is 0 Å². The molecule has 1 nitrogen and oxygen atoms in total. The summed E-state index contributed by atoms with van der Waals surface area (Å²) in [6.45, 7) is 4.10. The molecule has 0 atom stereocenters. The molecule has 0 aliphatic carbocycles. The number of hydrogen-bond acceptors (Lipinski definition) is 3. The summed E-state index contributed by atoms with van der Waals surface area (Å²) in [5, 5.41) is 5.44. The summed E-state index contributed by atoms with van der Waals surface area (Å²) < 4.78 is 1.35. The Morgan fingerprint density at radius 1 is 1.19 bits per heavy atom. The average Bonchev–Trinajstić information content (AvgIpc) is 2.81. The van der Waals surface area contributed by atoms with Crippen LogP contribution in [0.4, 0.5) is 0 Å². The minimum absolute atomic E-state index is 0.959. The van der Waals surface area contributed by atoms with Crippen LogP contribution in [0, 0.1) is 0 Å². The zero-order valence-corrected chi connectivity index (χ0v) is 10.9. The van der Waals surface area contributed by atoms with Crippen LogP contribution >= 0.6 is 23.1 Å². The van der Waals surface area contributed by atoms with E-state index in [1.807, 2.05) is 11.8 Å². The molecule has 0 aliphatic rings. The van der Waals surface area contributed by atoms with Gasteiger partial charge in [0.15, 0.2) is 0 Å². The van der Waals surface area contributed by atoms with Gasteiger partial charge in [0.1, 0.15) is 0 Å². The Kier molecular flexibility index (Phi) is 4.45. The van der Waals surface area contributed by atoms with Gasteiger partial charge in [0.05, 0.1) is 4.21 Å². The van der Waals surface area contributed by atoms with Gasteiger partial charge in [-0.05, 0) is 35.7 Å². The fourth-order valence-electron chi connectivity index (χ4n) is 1.38. The van der Waals surface area contributed by atoms with Gasteiger partial charge in [-0.1, -0.05) is 36.9 Å². The van der Waals surface area contributed by atoms with E-state index in [1.54, 1.807) is 11.3 Å². The van der Waals surface area contributed by atoms with Gasteiger partial charge < -0.3 is 5.32 Å². The minimum Gasteiger partial charge on any atom is -0.313 e. The summed E-state index contributed by atoms with van der Waals surface area (Å²) in [5.74, 6) is 0. The second-order valence-corrected chi connectivity index (χ2v) is 5.78. The predicted molar refractivity (Wildman–Crippen MR) is 72.3 cm³/mol. The first kappa shape index (κ1) is 11.7. The molecular weight excluding hydrogens is 234 g/mol. The molecule has 3 heteroatoms. The molecule has 1 N–H and O–H groups in total. The first-order valence-electron chi connectivity index (χ1n) is 5.39. The van der Waals surface area contributed by atoms with Gasteiger partial charge in [-0.2, -0.15) is 0 Å². The molecule has 0 aliphatic heterocycles. The molecule has 16 heavy (non-hydrogen) atoms. The van der Waals surface area contributed by atoms with Gasteiger partial charge in [0, 0.05) is 11.4 Å². The summed E-state index contributed by atoms with van der Waals surface area (Å²) in [6, 6.07) is 13.0. The molecule has 0 fully saturated rings. The highest BCUT2D eigenvalue weighted by molar-refractivity contribution is 8.01. The van der Waals surface area contributed by atoms with E-state index in [2.05, 4.69) is 54.0 Å². The van der Waals surface area contributed by atoms with Crippen molar-refractivity contribution in [2.24, 2.45) is 0 Å². The lowest BCUT2D eigenvalue weighted by Crippen LogP contribution is -2.11. The third kappa shape index (κ3) is 3.37. The predicted octanol–water partition coefficient (Wildman–Crippen LogP) is 4.01. The highest BCUT2D eigenvalue weighted by Gasteiger charge is 1.98. The first-order valence-corrected chi connectivity index (χ1v) is 7.09. The summed E-state index contributed by atoms with van der Waals surface area (Å²) in [6.07, 6.45) is 0. The largest absolute Gasteiger partial charge is 0.313 e. The van der Waals surface area contributed by atoms with Crippen LogP contribution in [0.2, 0.25) is 0 Å². The molecule has 2 aromatic rings. The second kappa shape index (κ2) is 6.09. The third-order valence-electron chi connectivity index (χ3n) is 2.22. The SMILES string of the molecule is CCNCc1ccc(Sc2cccs2)cc1. The number of rotatable bonds is 5. The number of thiophene rings is 1. The Labute approximate surface area is 105 Å². The van der Waals surface area contributed by atoms with Gasteiger partial charge in [0.25, 0.3) is 0 Å². The average molecular weight is 249 g/mol. The van der Waals surface area contributed by atoms with Crippen LogP contribution in [0.5, 0.6) is 0 Å². The van der Waals surface area contributed by atoms with E-state index in [-0.39, 0.29) is 0 Å². The van der Waals surface area contributed by atoms with Gasteiger partial charge in [-0.15, -0.1) is 11.3 Å². The minimum atomic E-state index is 0.959. The van der Waals surface area contributed by atoms with Crippen molar-refractivity contribution in [1.29, 1.82) is 0 Å². The fourth-order valence-corrected chi connectivity index (χ4v) is 3.13. The van der Waals surface area contributed by atoms with E-state index in [0.717, 1.165) is 13.1 Å². The molecular formula is C13H15NS2. The van der Waals surface area contributed by atoms with Crippen molar-refractivity contribution in [2.45, 2.75) is 22.6 Å². The Morgan fingerprint density at radius 3 is 2.62 bits per heavy atom. The first-order chi connectivity index (χ1) is 7.88. The van der Waals surface area contributed by atoms with Crippen LogP contribution in [0.1, 0.15) is 12.5 Å². The molecule has 0 unspecified atom stereocenters. The van der Waals surface area contributed by atoms with E-state index < -0.39 is 0 Å². The highest BCUT2D eigenvalue weighted by atomic mass is 32.2. The van der Waals surface area contributed by atoms with E-state index in [4.69, 9.17) is 0 Å². The highest BCUT2D eigenvalue weighted by Crippen LogP contribution is 2.31. The van der Waals surface area contributed by atoms with E-state index in [9.17, 15) is 0 Å². The quantitative estimate of drug-likeness (QED) is 0.859. The van der Waals surface area contributed by atoms with Crippen molar-refractivity contribution in [3.63, 3.8) is 0 Å². The van der Waals surface area contributed by atoms with Gasteiger partial charge in [-0.25, -0.2) is 0 Å². The van der Waals surface area contributed by atoms with E-state index >= 15 is 0 Å². The van der Waals surface area contributed by atoms with E-state index in [0.29, 0.717) is 0 Å². The van der Waals surface area contributed by atoms with Gasteiger partial charge in [-0.3, -0.25) is 0 Å². The van der Waals surface area contributed by atoms with Gasteiger partial charge in [0.2, 0.25) is 0 Å². The number of benzene rings is 1. The monoisotopic (exact) mass is 249 g/mol. The molecule has 1 aromatic carbocycles. The molecule has 0 radical (unpaired) electrons.